The molecule has 6 nitrogen and oxygen atoms in total. The highest BCUT2D eigenvalue weighted by atomic mass is 19.1. The Balaban J connectivity index is 2.22. The second-order valence-corrected chi connectivity index (χ2v) is 6.25. The number of fused-ring (bicyclic) bond motifs is 1. The van der Waals surface area contributed by atoms with E-state index in [1.54, 1.807) is 0 Å². The van der Waals surface area contributed by atoms with Gasteiger partial charge in [0.1, 0.15) is 11.9 Å². The van der Waals surface area contributed by atoms with Crippen molar-refractivity contribution >= 4 is 23.5 Å². The van der Waals surface area contributed by atoms with Gasteiger partial charge in [0, 0.05) is 12.1 Å². The van der Waals surface area contributed by atoms with E-state index in [4.69, 9.17) is 4.74 Å². The predicted octanol–water partition coefficient (Wildman–Crippen LogP) is 1.96. The van der Waals surface area contributed by atoms with E-state index in [-0.39, 0.29) is 23.9 Å². The number of rotatable bonds is 5. The third kappa shape index (κ3) is 4.10. The van der Waals surface area contributed by atoms with Gasteiger partial charge in [-0.05, 0) is 30.0 Å². The first-order valence-electron chi connectivity index (χ1n) is 7.79. The SMILES string of the molecule is COC(=O)C(CC(C)C)NC(=O)C1CC(=O)Nc2cc(F)ccc21. The molecule has 0 saturated carbocycles. The molecule has 1 aliphatic rings. The fourth-order valence-electron chi connectivity index (χ4n) is 2.77. The minimum atomic E-state index is -0.781. The molecule has 2 N–H and O–H groups in total. The molecule has 1 heterocycles. The zero-order valence-electron chi connectivity index (χ0n) is 13.9. The number of hydrogen-bond donors (Lipinski definition) is 2. The van der Waals surface area contributed by atoms with Gasteiger partial charge >= 0.3 is 5.97 Å². The van der Waals surface area contributed by atoms with E-state index in [9.17, 15) is 18.8 Å². The van der Waals surface area contributed by atoms with Crippen molar-refractivity contribution in [3.63, 3.8) is 0 Å². The molecule has 2 amide bonds. The largest absolute Gasteiger partial charge is 0.467 e. The summed E-state index contributed by atoms with van der Waals surface area (Å²) in [6.07, 6.45) is 0.369. The lowest BCUT2D eigenvalue weighted by Crippen LogP contribution is -2.45. The van der Waals surface area contributed by atoms with Gasteiger partial charge in [-0.3, -0.25) is 9.59 Å². The van der Waals surface area contributed by atoms with Crippen LogP contribution in [0.2, 0.25) is 0 Å². The molecule has 2 rings (SSSR count). The van der Waals surface area contributed by atoms with Crippen LogP contribution in [-0.4, -0.2) is 30.9 Å². The average Bonchev–Trinajstić information content (AvgIpc) is 2.51. The number of amides is 2. The molecule has 0 bridgehead atoms. The van der Waals surface area contributed by atoms with E-state index >= 15 is 0 Å². The number of halogens is 1. The molecule has 0 aliphatic carbocycles. The van der Waals surface area contributed by atoms with Gasteiger partial charge in [-0.2, -0.15) is 0 Å². The zero-order valence-corrected chi connectivity index (χ0v) is 13.9. The van der Waals surface area contributed by atoms with Crippen LogP contribution in [0.5, 0.6) is 0 Å². The molecular weight excluding hydrogens is 315 g/mol. The van der Waals surface area contributed by atoms with Gasteiger partial charge < -0.3 is 15.4 Å². The van der Waals surface area contributed by atoms with Gasteiger partial charge in [0.25, 0.3) is 0 Å². The summed E-state index contributed by atoms with van der Waals surface area (Å²) in [5.74, 6) is -2.45. The lowest BCUT2D eigenvalue weighted by molar-refractivity contribution is -0.145. The fourth-order valence-corrected chi connectivity index (χ4v) is 2.77. The highest BCUT2D eigenvalue weighted by molar-refractivity contribution is 6.01. The molecule has 1 aromatic rings. The molecule has 0 radical (unpaired) electrons. The van der Waals surface area contributed by atoms with Gasteiger partial charge in [-0.1, -0.05) is 19.9 Å². The van der Waals surface area contributed by atoms with Crippen molar-refractivity contribution in [2.75, 3.05) is 12.4 Å². The van der Waals surface area contributed by atoms with Crippen LogP contribution in [0.4, 0.5) is 10.1 Å². The Hall–Kier alpha value is -2.44. The normalized spacial score (nSPS) is 17.7. The number of benzene rings is 1. The first-order chi connectivity index (χ1) is 11.3. The summed E-state index contributed by atoms with van der Waals surface area (Å²) >= 11 is 0. The van der Waals surface area contributed by atoms with Crippen LogP contribution in [0.15, 0.2) is 18.2 Å². The molecule has 7 heteroatoms. The van der Waals surface area contributed by atoms with Crippen molar-refractivity contribution in [3.05, 3.63) is 29.6 Å². The predicted molar refractivity (Wildman–Crippen MR) is 85.8 cm³/mol. The molecule has 2 unspecified atom stereocenters. The number of carbonyl (C=O) groups is 3. The van der Waals surface area contributed by atoms with Crippen LogP contribution < -0.4 is 10.6 Å². The number of ether oxygens (including phenoxy) is 1. The second-order valence-electron chi connectivity index (χ2n) is 6.25. The molecule has 0 fully saturated rings. The molecule has 1 aliphatic heterocycles. The van der Waals surface area contributed by atoms with E-state index in [2.05, 4.69) is 10.6 Å². The quantitative estimate of drug-likeness (QED) is 0.805. The third-order valence-corrected chi connectivity index (χ3v) is 3.88. The van der Waals surface area contributed by atoms with Crippen LogP contribution in [0, 0.1) is 11.7 Å². The minimum absolute atomic E-state index is 0.0555. The molecule has 2 atom stereocenters. The maximum absolute atomic E-state index is 13.3. The molecule has 130 valence electrons. The van der Waals surface area contributed by atoms with Gasteiger partial charge in [0.15, 0.2) is 0 Å². The fraction of sp³-hybridized carbons (Fsp3) is 0.471. The van der Waals surface area contributed by atoms with Gasteiger partial charge in [0.05, 0.1) is 13.0 Å². The molecule has 1 aromatic carbocycles. The van der Waals surface area contributed by atoms with Crippen LogP contribution >= 0.6 is 0 Å². The van der Waals surface area contributed by atoms with Crippen molar-refractivity contribution < 1.29 is 23.5 Å². The standard InChI is InChI=1S/C17H21FN2O4/c1-9(2)6-14(17(23)24-3)20-16(22)12-8-15(21)19-13-7-10(18)4-5-11(12)13/h4-5,7,9,12,14H,6,8H2,1-3H3,(H,19,21)(H,20,22). The number of nitrogens with one attached hydrogen (secondary N) is 2. The van der Waals surface area contributed by atoms with Crippen LogP contribution in [0.3, 0.4) is 0 Å². The Kier molecular flexibility index (Phi) is 5.54. The smallest absolute Gasteiger partial charge is 0.328 e. The van der Waals surface area contributed by atoms with Crippen LogP contribution in [-0.2, 0) is 19.1 Å². The molecule has 24 heavy (non-hydrogen) atoms. The molecule has 0 spiro atoms. The Morgan fingerprint density at radius 1 is 1.42 bits per heavy atom. The highest BCUT2D eigenvalue weighted by Crippen LogP contribution is 2.33. The molecule has 0 aromatic heterocycles. The van der Waals surface area contributed by atoms with Crippen molar-refractivity contribution in [3.8, 4) is 0 Å². The highest BCUT2D eigenvalue weighted by Gasteiger charge is 2.33. The number of methoxy groups -OCH3 is 1. The van der Waals surface area contributed by atoms with Crippen LogP contribution in [0.1, 0.15) is 38.2 Å². The lowest BCUT2D eigenvalue weighted by Gasteiger charge is -2.27. The number of carbonyl (C=O) groups excluding carboxylic acids is 3. The second kappa shape index (κ2) is 7.42. The average molecular weight is 336 g/mol. The van der Waals surface area contributed by atoms with E-state index < -0.39 is 29.7 Å². The first-order valence-corrected chi connectivity index (χ1v) is 7.79. The Labute approximate surface area is 139 Å². The first kappa shape index (κ1) is 17.9. The van der Waals surface area contributed by atoms with Crippen molar-refractivity contribution in [1.29, 1.82) is 0 Å². The van der Waals surface area contributed by atoms with Crippen molar-refractivity contribution in [2.45, 2.75) is 38.6 Å². The van der Waals surface area contributed by atoms with Crippen LogP contribution in [0.25, 0.3) is 0 Å². The topological polar surface area (TPSA) is 84.5 Å². The van der Waals surface area contributed by atoms with Crippen molar-refractivity contribution in [2.24, 2.45) is 5.92 Å². The minimum Gasteiger partial charge on any atom is -0.467 e. The third-order valence-electron chi connectivity index (χ3n) is 3.88. The van der Waals surface area contributed by atoms with Gasteiger partial charge in [-0.25, -0.2) is 9.18 Å². The zero-order chi connectivity index (χ0) is 17.9. The summed E-state index contributed by atoms with van der Waals surface area (Å²) in [7, 11) is 1.26. The van der Waals surface area contributed by atoms with Crippen molar-refractivity contribution in [1.82, 2.24) is 5.32 Å². The summed E-state index contributed by atoms with van der Waals surface area (Å²) < 4.78 is 18.1. The monoisotopic (exact) mass is 336 g/mol. The maximum atomic E-state index is 13.3. The maximum Gasteiger partial charge on any atom is 0.328 e. The number of esters is 1. The summed E-state index contributed by atoms with van der Waals surface area (Å²) in [6, 6.07) is 3.11. The van der Waals surface area contributed by atoms with E-state index in [1.807, 2.05) is 13.8 Å². The Morgan fingerprint density at radius 3 is 2.75 bits per heavy atom. The van der Waals surface area contributed by atoms with Gasteiger partial charge in [0.2, 0.25) is 11.8 Å². The summed E-state index contributed by atoms with van der Waals surface area (Å²) in [5.41, 5.74) is 0.812. The number of anilines is 1. The lowest BCUT2D eigenvalue weighted by atomic mass is 9.89. The van der Waals surface area contributed by atoms with E-state index in [0.29, 0.717) is 12.0 Å². The molecule has 0 saturated heterocycles. The summed E-state index contributed by atoms with van der Waals surface area (Å²) in [4.78, 5) is 36.3. The summed E-state index contributed by atoms with van der Waals surface area (Å²) in [5, 5.41) is 5.21. The Morgan fingerprint density at radius 2 is 2.12 bits per heavy atom. The van der Waals surface area contributed by atoms with E-state index in [0.717, 1.165) is 0 Å². The van der Waals surface area contributed by atoms with E-state index in [1.165, 1.54) is 25.3 Å². The summed E-state index contributed by atoms with van der Waals surface area (Å²) in [6.45, 7) is 3.85. The Bertz CT molecular complexity index is 660. The number of hydrogen-bond acceptors (Lipinski definition) is 4. The van der Waals surface area contributed by atoms with Gasteiger partial charge in [-0.15, -0.1) is 0 Å². The molecular formula is C17H21FN2O4.